The van der Waals surface area contributed by atoms with Crippen molar-refractivity contribution in [1.82, 2.24) is 10.1 Å². The van der Waals surface area contributed by atoms with Crippen molar-refractivity contribution >= 4 is 5.97 Å². The Labute approximate surface area is 116 Å². The van der Waals surface area contributed by atoms with Gasteiger partial charge in [-0.1, -0.05) is 25.1 Å². The van der Waals surface area contributed by atoms with Gasteiger partial charge >= 0.3 is 5.97 Å². The summed E-state index contributed by atoms with van der Waals surface area (Å²) in [5.41, 5.74) is 1.03. The smallest absolute Gasteiger partial charge is 0.339 e. The number of hydrogen-bond acceptors (Lipinski definition) is 5. The highest BCUT2D eigenvalue weighted by Crippen LogP contribution is 2.21. The molecule has 6 nitrogen and oxygen atoms in total. The second-order valence-corrected chi connectivity index (χ2v) is 4.79. The minimum absolute atomic E-state index is 0.0451. The Morgan fingerprint density at radius 1 is 1.45 bits per heavy atom. The number of carboxylic acid groups (broad SMARTS) is 1. The minimum atomic E-state index is -1.03. The molecule has 0 unspecified atom stereocenters. The molecule has 0 aliphatic rings. The molecule has 2 aromatic rings. The number of aromatic nitrogens is 2. The minimum Gasteiger partial charge on any atom is -0.483 e. The number of benzene rings is 1. The second kappa shape index (κ2) is 5.73. The summed E-state index contributed by atoms with van der Waals surface area (Å²) in [4.78, 5) is 15.3. The van der Waals surface area contributed by atoms with E-state index in [1.54, 1.807) is 12.1 Å². The molecule has 0 aliphatic carbocycles. The van der Waals surface area contributed by atoms with Crippen LogP contribution in [0, 0.1) is 6.92 Å². The number of nitrogens with zero attached hydrogens (tertiary/aromatic N) is 2. The number of rotatable bonds is 5. The molecule has 0 saturated carbocycles. The van der Waals surface area contributed by atoms with E-state index >= 15 is 0 Å². The first kappa shape index (κ1) is 14.0. The maximum Gasteiger partial charge on any atom is 0.339 e. The lowest BCUT2D eigenvalue weighted by Crippen LogP contribution is -2.04. The van der Waals surface area contributed by atoms with E-state index in [4.69, 9.17) is 14.4 Å². The lowest BCUT2D eigenvalue weighted by Gasteiger charge is -2.07. The summed E-state index contributed by atoms with van der Waals surface area (Å²) in [5, 5.41) is 12.9. The highest BCUT2D eigenvalue weighted by molar-refractivity contribution is 5.90. The highest BCUT2D eigenvalue weighted by Gasteiger charge is 2.14. The number of hydrogen-bond donors (Lipinski definition) is 1. The Morgan fingerprint density at radius 2 is 2.20 bits per heavy atom. The largest absolute Gasteiger partial charge is 0.483 e. The predicted molar refractivity (Wildman–Crippen MR) is 70.9 cm³/mol. The van der Waals surface area contributed by atoms with Crippen molar-refractivity contribution in [3.05, 3.63) is 41.0 Å². The molecule has 2 rings (SSSR count). The van der Waals surface area contributed by atoms with E-state index < -0.39 is 5.97 Å². The molecule has 0 bridgehead atoms. The summed E-state index contributed by atoms with van der Waals surface area (Å²) >= 11 is 0. The van der Waals surface area contributed by atoms with Crippen molar-refractivity contribution in [2.75, 3.05) is 0 Å². The van der Waals surface area contributed by atoms with Gasteiger partial charge in [0, 0.05) is 5.92 Å². The third-order valence-corrected chi connectivity index (χ3v) is 2.72. The second-order valence-electron chi connectivity index (χ2n) is 4.79. The Bertz CT molecular complexity index is 619. The lowest BCUT2D eigenvalue weighted by molar-refractivity contribution is 0.0691. The Morgan fingerprint density at radius 3 is 2.80 bits per heavy atom. The molecule has 106 valence electrons. The van der Waals surface area contributed by atoms with E-state index in [1.807, 2.05) is 20.8 Å². The molecule has 1 heterocycles. The number of aromatic carboxylic acids is 1. The SMILES string of the molecule is Cc1ccc(C(=O)O)c(OCc2nc(C(C)C)no2)c1. The van der Waals surface area contributed by atoms with Gasteiger partial charge in [-0.05, 0) is 24.6 Å². The number of ether oxygens (including phenoxy) is 1. The third-order valence-electron chi connectivity index (χ3n) is 2.72. The maximum atomic E-state index is 11.1. The van der Waals surface area contributed by atoms with Gasteiger partial charge in [-0.25, -0.2) is 4.79 Å². The molecule has 1 aromatic carbocycles. The van der Waals surface area contributed by atoms with Gasteiger partial charge in [-0.15, -0.1) is 0 Å². The first-order valence-electron chi connectivity index (χ1n) is 6.26. The van der Waals surface area contributed by atoms with Crippen LogP contribution in [0.5, 0.6) is 5.75 Å². The van der Waals surface area contributed by atoms with Crippen molar-refractivity contribution in [2.24, 2.45) is 0 Å². The van der Waals surface area contributed by atoms with Crippen LogP contribution in [0.4, 0.5) is 0 Å². The van der Waals surface area contributed by atoms with Crippen LogP contribution >= 0.6 is 0 Å². The van der Waals surface area contributed by atoms with Crippen molar-refractivity contribution in [1.29, 1.82) is 0 Å². The standard InChI is InChI=1S/C14H16N2O4/c1-8(2)13-15-12(20-16-13)7-19-11-6-9(3)4-5-10(11)14(17)18/h4-6,8H,7H2,1-3H3,(H,17,18). The van der Waals surface area contributed by atoms with Gasteiger partial charge in [0.2, 0.25) is 0 Å². The van der Waals surface area contributed by atoms with Gasteiger partial charge < -0.3 is 14.4 Å². The maximum absolute atomic E-state index is 11.1. The first-order valence-corrected chi connectivity index (χ1v) is 6.26. The van der Waals surface area contributed by atoms with Crippen LogP contribution in [0.3, 0.4) is 0 Å². The molecule has 0 fully saturated rings. The van der Waals surface area contributed by atoms with Gasteiger partial charge in [0.1, 0.15) is 11.3 Å². The van der Waals surface area contributed by atoms with Crippen molar-refractivity contribution in [2.45, 2.75) is 33.3 Å². The van der Waals surface area contributed by atoms with Gasteiger partial charge in [0.15, 0.2) is 12.4 Å². The fraction of sp³-hybridized carbons (Fsp3) is 0.357. The van der Waals surface area contributed by atoms with Crippen LogP contribution in [-0.2, 0) is 6.61 Å². The van der Waals surface area contributed by atoms with Gasteiger partial charge in [0.05, 0.1) is 0 Å². The number of aryl methyl sites for hydroxylation is 1. The van der Waals surface area contributed by atoms with Gasteiger partial charge in [-0.3, -0.25) is 0 Å². The van der Waals surface area contributed by atoms with E-state index in [9.17, 15) is 4.79 Å². The van der Waals surface area contributed by atoms with Crippen molar-refractivity contribution in [3.8, 4) is 5.75 Å². The Hall–Kier alpha value is -2.37. The molecule has 1 aromatic heterocycles. The third kappa shape index (κ3) is 3.14. The molecular formula is C14H16N2O4. The zero-order chi connectivity index (χ0) is 14.7. The fourth-order valence-corrected chi connectivity index (χ4v) is 1.63. The Balaban J connectivity index is 2.13. The first-order chi connectivity index (χ1) is 9.47. The monoisotopic (exact) mass is 276 g/mol. The molecule has 20 heavy (non-hydrogen) atoms. The summed E-state index contributed by atoms with van der Waals surface area (Å²) in [6.07, 6.45) is 0. The Kier molecular flexibility index (Phi) is 4.02. The summed E-state index contributed by atoms with van der Waals surface area (Å²) in [6, 6.07) is 4.91. The predicted octanol–water partition coefficient (Wildman–Crippen LogP) is 2.78. The van der Waals surface area contributed by atoms with Gasteiger partial charge in [-0.2, -0.15) is 4.98 Å². The normalized spacial score (nSPS) is 10.8. The quantitative estimate of drug-likeness (QED) is 0.903. The molecule has 0 amide bonds. The summed E-state index contributed by atoms with van der Waals surface area (Å²) in [6.45, 7) is 5.82. The molecule has 0 radical (unpaired) electrons. The van der Waals surface area contributed by atoms with Crippen LogP contribution in [0.2, 0.25) is 0 Å². The van der Waals surface area contributed by atoms with Crippen LogP contribution in [-0.4, -0.2) is 21.2 Å². The van der Waals surface area contributed by atoms with Gasteiger partial charge in [0.25, 0.3) is 5.89 Å². The summed E-state index contributed by atoms with van der Waals surface area (Å²) in [7, 11) is 0. The molecule has 0 saturated heterocycles. The van der Waals surface area contributed by atoms with E-state index in [-0.39, 0.29) is 18.1 Å². The van der Waals surface area contributed by atoms with Crippen molar-refractivity contribution < 1.29 is 19.2 Å². The highest BCUT2D eigenvalue weighted by atomic mass is 16.5. The van der Waals surface area contributed by atoms with E-state index in [2.05, 4.69) is 10.1 Å². The topological polar surface area (TPSA) is 85.5 Å². The summed E-state index contributed by atoms with van der Waals surface area (Å²) in [5.74, 6) is 0.356. The van der Waals surface area contributed by atoms with E-state index in [1.165, 1.54) is 6.07 Å². The van der Waals surface area contributed by atoms with Crippen molar-refractivity contribution in [3.63, 3.8) is 0 Å². The van der Waals surface area contributed by atoms with Crippen LogP contribution < -0.4 is 4.74 Å². The molecule has 0 spiro atoms. The van der Waals surface area contributed by atoms with E-state index in [0.717, 1.165) is 5.56 Å². The molecule has 0 atom stereocenters. The molecule has 0 aliphatic heterocycles. The number of carboxylic acids is 1. The molecular weight excluding hydrogens is 260 g/mol. The number of carbonyl (C=O) groups is 1. The molecule has 6 heteroatoms. The van der Waals surface area contributed by atoms with E-state index in [0.29, 0.717) is 17.5 Å². The lowest BCUT2D eigenvalue weighted by atomic mass is 10.1. The fourth-order valence-electron chi connectivity index (χ4n) is 1.63. The zero-order valence-corrected chi connectivity index (χ0v) is 11.6. The zero-order valence-electron chi connectivity index (χ0n) is 11.6. The average Bonchev–Trinajstić information content (AvgIpc) is 2.85. The van der Waals surface area contributed by atoms with Crippen LogP contribution in [0.15, 0.2) is 22.7 Å². The summed E-state index contributed by atoms with van der Waals surface area (Å²) < 4.78 is 10.5. The van der Waals surface area contributed by atoms with Crippen LogP contribution in [0.25, 0.3) is 0 Å². The van der Waals surface area contributed by atoms with Crippen LogP contribution in [0.1, 0.15) is 47.4 Å². The molecule has 1 N–H and O–H groups in total. The average molecular weight is 276 g/mol.